The minimum Gasteiger partial charge on any atom is -0.387 e. The second-order valence-corrected chi connectivity index (χ2v) is 10.6. The van der Waals surface area contributed by atoms with Crippen LogP contribution >= 0.6 is 7.82 Å². The highest BCUT2D eigenvalue weighted by Crippen LogP contribution is 2.57. The molecule has 2 aliphatic heterocycles. The van der Waals surface area contributed by atoms with Crippen LogP contribution in [0.15, 0.2) is 42.9 Å². The Hall–Kier alpha value is -2.58. The summed E-state index contributed by atoms with van der Waals surface area (Å²) in [6.45, 7) is 0.762. The van der Waals surface area contributed by atoms with Gasteiger partial charge in [0.25, 0.3) is 0 Å². The second-order valence-electron chi connectivity index (χ2n) is 9.00. The van der Waals surface area contributed by atoms with Gasteiger partial charge in [0.1, 0.15) is 35.6 Å². The molecule has 3 aromatic rings. The van der Waals surface area contributed by atoms with Crippen LogP contribution in [-0.2, 0) is 29.0 Å². The van der Waals surface area contributed by atoms with E-state index < -0.39 is 56.3 Å². The highest BCUT2D eigenvalue weighted by atomic mass is 31.2. The van der Waals surface area contributed by atoms with E-state index >= 15 is 0 Å². The zero-order valence-electron chi connectivity index (χ0n) is 19.4. The minimum absolute atomic E-state index is 0.0942. The average molecular weight is 544 g/mol. The lowest BCUT2D eigenvalue weighted by atomic mass is 9.96. The standard InChI is InChI=1S/C22H24F3N4O7P/c1-21(31)17(30)16(35-20(21)29-7-5-14-18(26)27-11-28-19(14)29)10-34-37(32)33-8-6-15(36-37)12-3-2-4-13(9-12)22(23,24)25/h2-5,7,9,11,15-17,20,30-31H,6,8,10H2,1H3,(H2,26,27,28)/t15-,16+,17+,20+,21+,37?/m0/s1. The third kappa shape index (κ3) is 4.86. The molecule has 2 fully saturated rings. The first-order valence-electron chi connectivity index (χ1n) is 11.3. The Morgan fingerprint density at radius 1 is 1.32 bits per heavy atom. The number of halogens is 3. The molecule has 0 aliphatic carbocycles. The van der Waals surface area contributed by atoms with Gasteiger partial charge in [-0.1, -0.05) is 12.1 Å². The van der Waals surface area contributed by atoms with Crippen LogP contribution in [0.25, 0.3) is 11.0 Å². The molecule has 15 heteroatoms. The third-order valence-corrected chi connectivity index (χ3v) is 7.89. The van der Waals surface area contributed by atoms with Crippen molar-refractivity contribution in [2.45, 2.75) is 49.7 Å². The number of aliphatic hydroxyl groups is 2. The first-order valence-corrected chi connectivity index (χ1v) is 12.7. The quantitative estimate of drug-likeness (QED) is 0.408. The number of nitrogen functional groups attached to an aromatic ring is 1. The molecular weight excluding hydrogens is 520 g/mol. The SMILES string of the molecule is C[C@@]1(O)[C@H](O)[C@@H](COP2(=O)OCC[C@@H](c3cccc(C(F)(F)F)c3)O2)O[C@H]1n1ccc2c(N)ncnc21. The summed E-state index contributed by atoms with van der Waals surface area (Å²) in [5, 5.41) is 22.3. The number of hydrogen-bond donors (Lipinski definition) is 3. The summed E-state index contributed by atoms with van der Waals surface area (Å²) in [6, 6.07) is 6.14. The van der Waals surface area contributed by atoms with Crippen LogP contribution in [0.4, 0.5) is 19.0 Å². The maximum atomic E-state index is 13.1. The van der Waals surface area contributed by atoms with Crippen molar-refractivity contribution in [2.75, 3.05) is 18.9 Å². The third-order valence-electron chi connectivity index (χ3n) is 6.42. The lowest BCUT2D eigenvalue weighted by Gasteiger charge is -2.30. The molecule has 11 nitrogen and oxygen atoms in total. The summed E-state index contributed by atoms with van der Waals surface area (Å²) in [5.41, 5.74) is 3.72. The average Bonchev–Trinajstić information content (AvgIpc) is 3.37. The fourth-order valence-corrected chi connectivity index (χ4v) is 5.84. The number of fused-ring (bicyclic) bond motifs is 1. The largest absolute Gasteiger partial charge is 0.475 e. The van der Waals surface area contributed by atoms with Gasteiger partial charge in [-0.3, -0.25) is 13.6 Å². The van der Waals surface area contributed by atoms with E-state index in [4.69, 9.17) is 24.0 Å². The molecule has 1 unspecified atom stereocenters. The van der Waals surface area contributed by atoms with E-state index in [0.29, 0.717) is 11.0 Å². The van der Waals surface area contributed by atoms with E-state index in [2.05, 4.69) is 9.97 Å². The number of ether oxygens (including phenoxy) is 1. The van der Waals surface area contributed by atoms with Crippen LogP contribution in [0.1, 0.15) is 36.8 Å². The topological polar surface area (TPSA) is 151 Å². The van der Waals surface area contributed by atoms with Gasteiger partial charge < -0.3 is 25.3 Å². The number of rotatable bonds is 5. The highest BCUT2D eigenvalue weighted by molar-refractivity contribution is 7.48. The van der Waals surface area contributed by atoms with Gasteiger partial charge >= 0.3 is 14.0 Å². The summed E-state index contributed by atoms with van der Waals surface area (Å²) < 4.78 is 75.8. The lowest BCUT2D eigenvalue weighted by molar-refractivity contribution is -0.137. The number of aliphatic hydroxyl groups excluding tert-OH is 1. The van der Waals surface area contributed by atoms with Gasteiger partial charge in [-0.2, -0.15) is 13.2 Å². The van der Waals surface area contributed by atoms with Gasteiger partial charge in [-0.15, -0.1) is 0 Å². The van der Waals surface area contributed by atoms with Crippen LogP contribution in [-0.4, -0.2) is 55.8 Å². The Morgan fingerprint density at radius 3 is 2.86 bits per heavy atom. The van der Waals surface area contributed by atoms with Crippen LogP contribution in [0, 0.1) is 0 Å². The molecular formula is C22H24F3N4O7P. The number of alkyl halides is 3. The zero-order chi connectivity index (χ0) is 26.6. The van der Waals surface area contributed by atoms with E-state index in [1.807, 2.05) is 0 Å². The monoisotopic (exact) mass is 544 g/mol. The molecule has 2 aromatic heterocycles. The van der Waals surface area contributed by atoms with Crippen LogP contribution in [0.5, 0.6) is 0 Å². The van der Waals surface area contributed by atoms with Gasteiger partial charge in [0.2, 0.25) is 0 Å². The maximum absolute atomic E-state index is 13.1. The van der Waals surface area contributed by atoms with Crippen LogP contribution in [0.2, 0.25) is 0 Å². The molecule has 5 rings (SSSR count). The highest BCUT2D eigenvalue weighted by Gasteiger charge is 2.54. The number of nitrogens with zero attached hydrogens (tertiary/aromatic N) is 3. The van der Waals surface area contributed by atoms with Crippen LogP contribution < -0.4 is 5.73 Å². The van der Waals surface area contributed by atoms with Gasteiger partial charge in [0.05, 0.1) is 30.3 Å². The summed E-state index contributed by atoms with van der Waals surface area (Å²) in [4.78, 5) is 8.08. The maximum Gasteiger partial charge on any atom is 0.475 e. The van der Waals surface area contributed by atoms with Crippen molar-refractivity contribution in [3.8, 4) is 0 Å². The number of phosphoric acid groups is 1. The number of anilines is 1. The lowest BCUT2D eigenvalue weighted by Crippen LogP contribution is -2.44. The van der Waals surface area contributed by atoms with Gasteiger partial charge in [-0.05, 0) is 30.7 Å². The molecule has 2 aliphatic rings. The van der Waals surface area contributed by atoms with Crippen molar-refractivity contribution in [1.29, 1.82) is 0 Å². The number of benzene rings is 1. The Labute approximate surface area is 208 Å². The van der Waals surface area contributed by atoms with E-state index in [1.54, 1.807) is 12.3 Å². The molecule has 37 heavy (non-hydrogen) atoms. The Kier molecular flexibility index (Phi) is 6.55. The van der Waals surface area contributed by atoms with Crippen LogP contribution in [0.3, 0.4) is 0 Å². The molecule has 6 atom stereocenters. The molecule has 0 bridgehead atoms. The normalized spacial score (nSPS) is 32.7. The smallest absolute Gasteiger partial charge is 0.387 e. The molecule has 4 N–H and O–H groups in total. The summed E-state index contributed by atoms with van der Waals surface area (Å²) in [5.74, 6) is 0.224. The fourth-order valence-electron chi connectivity index (χ4n) is 4.44. The van der Waals surface area contributed by atoms with Crippen molar-refractivity contribution < 1.29 is 46.3 Å². The van der Waals surface area contributed by atoms with E-state index in [9.17, 15) is 27.9 Å². The number of nitrogens with two attached hydrogens (primary N) is 1. The Balaban J connectivity index is 1.30. The van der Waals surface area contributed by atoms with Crippen molar-refractivity contribution in [2.24, 2.45) is 0 Å². The molecule has 0 amide bonds. The molecule has 0 radical (unpaired) electrons. The predicted molar refractivity (Wildman–Crippen MR) is 122 cm³/mol. The number of aromatic nitrogens is 3. The summed E-state index contributed by atoms with van der Waals surface area (Å²) in [7, 11) is -4.24. The van der Waals surface area contributed by atoms with Gasteiger partial charge in [0, 0.05) is 12.6 Å². The minimum atomic E-state index is -4.55. The fraction of sp³-hybridized carbons (Fsp3) is 0.455. The first-order chi connectivity index (χ1) is 17.4. The Morgan fingerprint density at radius 2 is 2.11 bits per heavy atom. The molecule has 0 spiro atoms. The van der Waals surface area contributed by atoms with E-state index in [1.165, 1.54) is 30.0 Å². The predicted octanol–water partition coefficient (Wildman–Crippen LogP) is 3.34. The van der Waals surface area contributed by atoms with Crippen molar-refractivity contribution in [3.63, 3.8) is 0 Å². The zero-order valence-corrected chi connectivity index (χ0v) is 20.3. The second kappa shape index (κ2) is 9.31. The molecule has 1 aromatic carbocycles. The molecule has 200 valence electrons. The molecule has 0 saturated carbocycles. The van der Waals surface area contributed by atoms with Crippen molar-refractivity contribution in [3.05, 3.63) is 54.0 Å². The summed E-state index contributed by atoms with van der Waals surface area (Å²) >= 11 is 0. The Bertz CT molecular complexity index is 1350. The molecule has 2 saturated heterocycles. The summed E-state index contributed by atoms with van der Waals surface area (Å²) in [6.07, 6.45) is -6.31. The van der Waals surface area contributed by atoms with Gasteiger partial charge in [0.15, 0.2) is 6.23 Å². The first kappa shape index (κ1) is 26.0. The number of phosphoric ester groups is 1. The van der Waals surface area contributed by atoms with Crippen molar-refractivity contribution >= 4 is 24.7 Å². The number of hydrogen-bond acceptors (Lipinski definition) is 10. The van der Waals surface area contributed by atoms with Crippen molar-refractivity contribution in [1.82, 2.24) is 14.5 Å². The van der Waals surface area contributed by atoms with E-state index in [-0.39, 0.29) is 24.4 Å². The van der Waals surface area contributed by atoms with Gasteiger partial charge in [-0.25, -0.2) is 14.5 Å². The molecule has 4 heterocycles. The van der Waals surface area contributed by atoms with E-state index in [0.717, 1.165) is 12.1 Å².